The molecule has 1 amide bonds. The average molecular weight is 408 g/mol. The number of nitrogens with one attached hydrogen (secondary N) is 2. The van der Waals surface area contributed by atoms with Crippen molar-refractivity contribution in [2.24, 2.45) is 5.92 Å². The second-order valence-electron chi connectivity index (χ2n) is 7.41. The lowest BCUT2D eigenvalue weighted by atomic mass is 9.86. The number of benzene rings is 2. The maximum absolute atomic E-state index is 13.4. The van der Waals surface area contributed by atoms with Gasteiger partial charge in [0, 0.05) is 41.2 Å². The highest BCUT2D eigenvalue weighted by molar-refractivity contribution is 7.89. The number of rotatable bonds is 2. The van der Waals surface area contributed by atoms with Crippen LogP contribution in [0.1, 0.15) is 29.6 Å². The third-order valence-corrected chi connectivity index (χ3v) is 7.89. The van der Waals surface area contributed by atoms with Gasteiger partial charge in [0.1, 0.15) is 0 Å². The summed E-state index contributed by atoms with van der Waals surface area (Å²) in [6.07, 6.45) is 3.03. The van der Waals surface area contributed by atoms with Gasteiger partial charge in [0.2, 0.25) is 10.0 Å². The van der Waals surface area contributed by atoms with E-state index in [0.29, 0.717) is 52.0 Å². The summed E-state index contributed by atoms with van der Waals surface area (Å²) in [7, 11) is -3.60. The number of nitrogens with zero attached hydrogens (tertiary/aromatic N) is 1. The molecule has 3 aliphatic rings. The number of hydrogen-bond donors (Lipinski definition) is 2. The molecule has 5 rings (SSSR count). The zero-order chi connectivity index (χ0) is 17.9. The van der Waals surface area contributed by atoms with Gasteiger partial charge in [-0.1, -0.05) is 12.1 Å². The van der Waals surface area contributed by atoms with E-state index in [9.17, 15) is 13.2 Å². The molecule has 0 aromatic heterocycles. The summed E-state index contributed by atoms with van der Waals surface area (Å²) in [6, 6.07) is 9.06. The maximum Gasteiger partial charge on any atom is 0.256 e. The summed E-state index contributed by atoms with van der Waals surface area (Å²) in [4.78, 5) is 12.4. The Hall–Kier alpha value is -1.67. The summed E-state index contributed by atoms with van der Waals surface area (Å²) in [5, 5.41) is 7.68. The molecule has 2 atom stereocenters. The van der Waals surface area contributed by atoms with Crippen molar-refractivity contribution in [2.45, 2.75) is 30.2 Å². The van der Waals surface area contributed by atoms with E-state index in [1.165, 1.54) is 0 Å². The van der Waals surface area contributed by atoms with Crippen LogP contribution in [0, 0.1) is 5.92 Å². The smallest absolute Gasteiger partial charge is 0.256 e. The van der Waals surface area contributed by atoms with Gasteiger partial charge in [-0.2, -0.15) is 4.31 Å². The van der Waals surface area contributed by atoms with Crippen LogP contribution in [0.5, 0.6) is 0 Å². The van der Waals surface area contributed by atoms with Crippen LogP contribution in [0.25, 0.3) is 10.8 Å². The van der Waals surface area contributed by atoms with E-state index in [2.05, 4.69) is 10.6 Å². The van der Waals surface area contributed by atoms with Gasteiger partial charge in [-0.3, -0.25) is 4.79 Å². The second-order valence-corrected chi connectivity index (χ2v) is 9.31. The van der Waals surface area contributed by atoms with Crippen LogP contribution in [0.3, 0.4) is 0 Å². The first-order valence-electron chi connectivity index (χ1n) is 9.16. The first-order chi connectivity index (χ1) is 12.6. The summed E-state index contributed by atoms with van der Waals surface area (Å²) >= 11 is 0. The van der Waals surface area contributed by atoms with Crippen molar-refractivity contribution >= 4 is 44.8 Å². The molecule has 0 saturated carbocycles. The van der Waals surface area contributed by atoms with Crippen molar-refractivity contribution < 1.29 is 13.2 Å². The molecule has 0 radical (unpaired) electrons. The van der Waals surface area contributed by atoms with Crippen molar-refractivity contribution in [1.82, 2.24) is 9.62 Å². The molecule has 6 nitrogen and oxygen atoms in total. The molecule has 144 valence electrons. The minimum absolute atomic E-state index is 0. The number of piperidine rings is 2. The number of anilines is 1. The third-order valence-electron chi connectivity index (χ3n) is 5.97. The molecular formula is C19H22ClN3O3S. The lowest BCUT2D eigenvalue weighted by Gasteiger charge is -2.41. The van der Waals surface area contributed by atoms with Gasteiger partial charge in [0.05, 0.1) is 4.90 Å². The molecule has 0 aliphatic carbocycles. The van der Waals surface area contributed by atoms with Gasteiger partial charge in [-0.15, -0.1) is 12.4 Å². The number of amides is 1. The molecule has 27 heavy (non-hydrogen) atoms. The number of sulfonamides is 1. The highest BCUT2D eigenvalue weighted by Gasteiger charge is 2.37. The van der Waals surface area contributed by atoms with E-state index >= 15 is 0 Å². The van der Waals surface area contributed by atoms with Crippen LogP contribution >= 0.6 is 12.4 Å². The first kappa shape index (κ1) is 18.7. The van der Waals surface area contributed by atoms with Crippen LogP contribution in [-0.4, -0.2) is 44.3 Å². The highest BCUT2D eigenvalue weighted by atomic mass is 35.5. The summed E-state index contributed by atoms with van der Waals surface area (Å²) < 4.78 is 28.4. The van der Waals surface area contributed by atoms with Crippen molar-refractivity contribution in [3.05, 3.63) is 35.9 Å². The Bertz CT molecular complexity index is 1020. The first-order valence-corrected chi connectivity index (χ1v) is 10.6. The molecule has 2 aromatic carbocycles. The van der Waals surface area contributed by atoms with Crippen molar-refractivity contribution in [1.29, 1.82) is 0 Å². The molecule has 0 spiro atoms. The standard InChI is InChI=1S/C19H21N3O3S.ClH/c23-19-14-5-1-4-13-17(7-6-16(21-19)18(13)14)26(24,25)22-10-8-15-12(11-22)3-2-9-20-15;/h1,4-7,12,15,20H,2-3,8-11H2,(H,21,23);1H/t12-,15+;/m1./s1. The topological polar surface area (TPSA) is 78.5 Å². The Morgan fingerprint density at radius 2 is 1.96 bits per heavy atom. The van der Waals surface area contributed by atoms with Gasteiger partial charge in [0.25, 0.3) is 5.91 Å². The summed E-state index contributed by atoms with van der Waals surface area (Å²) in [5.41, 5.74) is 1.24. The Kier molecular flexibility index (Phi) is 4.66. The molecule has 2 saturated heterocycles. The van der Waals surface area contributed by atoms with Crippen molar-refractivity contribution in [2.75, 3.05) is 25.0 Å². The van der Waals surface area contributed by atoms with Gasteiger partial charge in [0.15, 0.2) is 0 Å². The molecule has 8 heteroatoms. The zero-order valence-corrected chi connectivity index (χ0v) is 16.4. The third kappa shape index (κ3) is 2.84. The van der Waals surface area contributed by atoms with E-state index in [-0.39, 0.29) is 18.3 Å². The lowest BCUT2D eigenvalue weighted by molar-refractivity contribution is 0.103. The fourth-order valence-corrected chi connectivity index (χ4v) is 6.36. The molecule has 3 heterocycles. The molecule has 3 aliphatic heterocycles. The summed E-state index contributed by atoms with van der Waals surface area (Å²) in [5.74, 6) is 0.210. The largest absolute Gasteiger partial charge is 0.321 e. The van der Waals surface area contributed by atoms with Crippen LogP contribution < -0.4 is 10.6 Å². The van der Waals surface area contributed by atoms with E-state index in [0.717, 1.165) is 25.8 Å². The van der Waals surface area contributed by atoms with Crippen LogP contribution in [-0.2, 0) is 10.0 Å². The average Bonchev–Trinajstić information content (AvgIpc) is 2.99. The molecule has 0 bridgehead atoms. The number of carbonyl (C=O) groups is 1. The predicted octanol–water partition coefficient (Wildman–Crippen LogP) is 2.59. The van der Waals surface area contributed by atoms with Gasteiger partial charge in [-0.05, 0) is 49.9 Å². The normalized spacial score (nSPS) is 25.0. The Morgan fingerprint density at radius 3 is 2.81 bits per heavy atom. The minimum Gasteiger partial charge on any atom is -0.321 e. The van der Waals surface area contributed by atoms with E-state index < -0.39 is 10.0 Å². The Morgan fingerprint density at radius 1 is 1.11 bits per heavy atom. The summed E-state index contributed by atoms with van der Waals surface area (Å²) in [6.45, 7) is 2.14. The predicted molar refractivity (Wildman–Crippen MR) is 107 cm³/mol. The van der Waals surface area contributed by atoms with Gasteiger partial charge in [-0.25, -0.2) is 8.42 Å². The number of fused-ring (bicyclic) bond motifs is 1. The van der Waals surface area contributed by atoms with Crippen molar-refractivity contribution in [3.8, 4) is 0 Å². The Balaban J connectivity index is 0.00000180. The molecule has 0 unspecified atom stereocenters. The number of halogens is 1. The van der Waals surface area contributed by atoms with E-state index in [1.807, 2.05) is 0 Å². The maximum atomic E-state index is 13.4. The molecule has 2 fully saturated rings. The number of hydrogen-bond acceptors (Lipinski definition) is 4. The molecule has 2 N–H and O–H groups in total. The monoisotopic (exact) mass is 407 g/mol. The van der Waals surface area contributed by atoms with E-state index in [4.69, 9.17) is 0 Å². The Labute approximate surface area is 164 Å². The van der Waals surface area contributed by atoms with E-state index in [1.54, 1.807) is 34.6 Å². The van der Waals surface area contributed by atoms with Gasteiger partial charge < -0.3 is 10.6 Å². The number of carbonyl (C=O) groups excluding carboxylic acids is 1. The van der Waals surface area contributed by atoms with Crippen LogP contribution in [0.4, 0.5) is 5.69 Å². The van der Waals surface area contributed by atoms with Crippen LogP contribution in [0.15, 0.2) is 35.2 Å². The SMILES string of the molecule is Cl.O=C1Nc2ccc(S(=O)(=O)N3CC[C@@H]4NCCC[C@@H]4C3)c3cccc1c23. The highest BCUT2D eigenvalue weighted by Crippen LogP contribution is 2.38. The molecule has 2 aromatic rings. The van der Waals surface area contributed by atoms with Crippen LogP contribution in [0.2, 0.25) is 0 Å². The van der Waals surface area contributed by atoms with Gasteiger partial charge >= 0.3 is 0 Å². The van der Waals surface area contributed by atoms with Crippen molar-refractivity contribution in [3.63, 3.8) is 0 Å². The minimum atomic E-state index is -3.60. The fraction of sp³-hybridized carbons (Fsp3) is 0.421. The zero-order valence-electron chi connectivity index (χ0n) is 14.8. The second kappa shape index (κ2) is 6.74. The quantitative estimate of drug-likeness (QED) is 0.802. The molecular weight excluding hydrogens is 386 g/mol. The lowest BCUT2D eigenvalue weighted by Crippen LogP contribution is -2.53. The fourth-order valence-electron chi connectivity index (χ4n) is 4.66.